The van der Waals surface area contributed by atoms with Crippen LogP contribution in [0.15, 0.2) is 18.2 Å². The van der Waals surface area contributed by atoms with Crippen LogP contribution in [0.1, 0.15) is 38.1 Å². The van der Waals surface area contributed by atoms with Gasteiger partial charge in [0.15, 0.2) is 5.13 Å². The van der Waals surface area contributed by atoms with Gasteiger partial charge in [0.2, 0.25) is 5.91 Å². The molecule has 0 saturated heterocycles. The molecule has 0 saturated carbocycles. The molecule has 2 rings (SSSR count). The normalized spacial score (nSPS) is 11.3. The number of carboxylic acids is 1. The Balaban J connectivity index is 2.41. The van der Waals surface area contributed by atoms with Gasteiger partial charge in [-0.15, -0.1) is 11.3 Å². The first-order valence-electron chi connectivity index (χ1n) is 8.38. The molecule has 0 aliphatic heterocycles. The van der Waals surface area contributed by atoms with Gasteiger partial charge < -0.3 is 15.2 Å². The number of hydrogen-bond donors (Lipinski definition) is 2. The molecule has 0 aliphatic carbocycles. The van der Waals surface area contributed by atoms with E-state index in [1.54, 1.807) is 0 Å². The van der Waals surface area contributed by atoms with Crippen LogP contribution in [-0.2, 0) is 16.0 Å². The number of carbonyl (C=O) groups is 2. The molecule has 0 bridgehead atoms. The lowest BCUT2D eigenvalue weighted by atomic mass is 9.96. The Labute approximate surface area is 157 Å². The Hall–Kier alpha value is -2.41. The van der Waals surface area contributed by atoms with Crippen molar-refractivity contribution in [2.24, 2.45) is 5.41 Å². The lowest BCUT2D eigenvalue weighted by Crippen LogP contribution is -2.27. The second-order valence-electron chi connectivity index (χ2n) is 6.98. The van der Waals surface area contributed by atoms with E-state index in [9.17, 15) is 14.7 Å². The first-order valence-corrected chi connectivity index (χ1v) is 9.20. The van der Waals surface area contributed by atoms with Gasteiger partial charge in [0.25, 0.3) is 0 Å². The average molecular weight is 376 g/mol. The number of anilines is 1. The number of nitrogens with one attached hydrogen (secondary N) is 1. The van der Waals surface area contributed by atoms with Crippen LogP contribution in [0.4, 0.5) is 5.13 Å². The van der Waals surface area contributed by atoms with E-state index in [0.29, 0.717) is 22.3 Å². The van der Waals surface area contributed by atoms with Crippen molar-refractivity contribution in [1.82, 2.24) is 4.98 Å². The first-order chi connectivity index (χ1) is 12.1. The minimum absolute atomic E-state index is 0.148. The van der Waals surface area contributed by atoms with Crippen molar-refractivity contribution >= 4 is 28.3 Å². The average Bonchev–Trinajstić information content (AvgIpc) is 2.90. The third-order valence-corrected chi connectivity index (χ3v) is 4.63. The fraction of sp³-hybridized carbons (Fsp3) is 0.421. The molecule has 0 spiro atoms. The number of aliphatic carboxylic acids is 1. The minimum Gasteiger partial charge on any atom is -0.494 e. The first kappa shape index (κ1) is 19.9. The summed E-state index contributed by atoms with van der Waals surface area (Å²) in [5.74, 6) is -0.318. The summed E-state index contributed by atoms with van der Waals surface area (Å²) >= 11 is 1.19. The second-order valence-corrected chi connectivity index (χ2v) is 8.06. The molecule has 0 unspecified atom stereocenters. The predicted molar refractivity (Wildman–Crippen MR) is 103 cm³/mol. The second kappa shape index (κ2) is 7.86. The number of carbonyl (C=O) groups excluding carboxylic acids is 1. The van der Waals surface area contributed by atoms with E-state index >= 15 is 0 Å². The molecular formula is C19H24N2O4S. The summed E-state index contributed by atoms with van der Waals surface area (Å²) in [7, 11) is 0. The quantitative estimate of drug-likeness (QED) is 0.791. The highest BCUT2D eigenvalue weighted by atomic mass is 32.1. The molecule has 140 valence electrons. The third kappa shape index (κ3) is 4.82. The number of hydrogen-bond acceptors (Lipinski definition) is 5. The molecular weight excluding hydrogens is 352 g/mol. The van der Waals surface area contributed by atoms with Gasteiger partial charge in [-0.2, -0.15) is 0 Å². The zero-order chi connectivity index (χ0) is 19.5. The highest BCUT2D eigenvalue weighted by molar-refractivity contribution is 7.16. The van der Waals surface area contributed by atoms with Crippen LogP contribution >= 0.6 is 11.3 Å². The molecule has 1 aromatic heterocycles. The Morgan fingerprint density at radius 1 is 1.31 bits per heavy atom. The highest BCUT2D eigenvalue weighted by Crippen LogP contribution is 2.34. The molecule has 0 atom stereocenters. The zero-order valence-electron chi connectivity index (χ0n) is 15.7. The Morgan fingerprint density at radius 3 is 2.54 bits per heavy atom. The Morgan fingerprint density at radius 2 is 2.00 bits per heavy atom. The van der Waals surface area contributed by atoms with E-state index in [-0.39, 0.29) is 12.3 Å². The van der Waals surface area contributed by atoms with E-state index in [1.165, 1.54) is 11.3 Å². The molecule has 1 aromatic carbocycles. The number of rotatable bonds is 6. The van der Waals surface area contributed by atoms with Crippen LogP contribution in [0.3, 0.4) is 0 Å². The summed E-state index contributed by atoms with van der Waals surface area (Å²) in [6, 6.07) is 5.62. The van der Waals surface area contributed by atoms with Crippen LogP contribution in [-0.4, -0.2) is 28.6 Å². The number of benzene rings is 1. The maximum absolute atomic E-state index is 12.2. The molecule has 0 aliphatic rings. The SMILES string of the molecule is CCOc1ccc(-c2nc(NC(=O)C(C)(C)C)sc2CC(=O)O)cc1C. The van der Waals surface area contributed by atoms with Crippen LogP contribution in [0.25, 0.3) is 11.3 Å². The van der Waals surface area contributed by atoms with E-state index < -0.39 is 11.4 Å². The molecule has 6 nitrogen and oxygen atoms in total. The van der Waals surface area contributed by atoms with E-state index in [2.05, 4.69) is 10.3 Å². The number of ether oxygens (including phenoxy) is 1. The van der Waals surface area contributed by atoms with E-state index in [1.807, 2.05) is 52.8 Å². The lowest BCUT2D eigenvalue weighted by Gasteiger charge is -2.15. The molecule has 2 aromatic rings. The molecule has 1 amide bonds. The van der Waals surface area contributed by atoms with Gasteiger partial charge in [-0.25, -0.2) is 4.98 Å². The number of thiazole rings is 1. The summed E-state index contributed by atoms with van der Waals surface area (Å²) in [6.45, 7) is 9.85. The summed E-state index contributed by atoms with van der Waals surface area (Å²) in [6.07, 6.45) is -0.148. The van der Waals surface area contributed by atoms with Crippen molar-refractivity contribution in [3.8, 4) is 17.0 Å². The lowest BCUT2D eigenvalue weighted by molar-refractivity contribution is -0.136. The number of aryl methyl sites for hydroxylation is 1. The zero-order valence-corrected chi connectivity index (χ0v) is 16.5. The van der Waals surface area contributed by atoms with Crippen molar-refractivity contribution in [2.75, 3.05) is 11.9 Å². The topological polar surface area (TPSA) is 88.5 Å². The molecule has 7 heteroatoms. The molecule has 2 N–H and O–H groups in total. The van der Waals surface area contributed by atoms with Crippen LogP contribution in [0.5, 0.6) is 5.75 Å². The van der Waals surface area contributed by atoms with Gasteiger partial charge in [0, 0.05) is 15.9 Å². The summed E-state index contributed by atoms with van der Waals surface area (Å²) in [5, 5.41) is 12.4. The van der Waals surface area contributed by atoms with Crippen molar-refractivity contribution in [2.45, 2.75) is 41.0 Å². The van der Waals surface area contributed by atoms with Crippen molar-refractivity contribution in [3.63, 3.8) is 0 Å². The van der Waals surface area contributed by atoms with Gasteiger partial charge in [-0.1, -0.05) is 20.8 Å². The number of nitrogens with zero attached hydrogens (tertiary/aromatic N) is 1. The Bertz CT molecular complexity index is 821. The molecule has 0 radical (unpaired) electrons. The summed E-state index contributed by atoms with van der Waals surface area (Å²) < 4.78 is 5.55. The predicted octanol–water partition coefficient (Wildman–Crippen LogP) is 4.13. The van der Waals surface area contributed by atoms with Gasteiger partial charge in [0.05, 0.1) is 18.7 Å². The summed E-state index contributed by atoms with van der Waals surface area (Å²) in [5.41, 5.74) is 1.76. The summed E-state index contributed by atoms with van der Waals surface area (Å²) in [4.78, 5) is 28.5. The maximum Gasteiger partial charge on any atom is 0.308 e. The van der Waals surface area contributed by atoms with Gasteiger partial charge in [-0.05, 0) is 37.6 Å². The van der Waals surface area contributed by atoms with Gasteiger partial charge in [0.1, 0.15) is 5.75 Å². The number of carboxylic acid groups (broad SMARTS) is 1. The monoisotopic (exact) mass is 376 g/mol. The van der Waals surface area contributed by atoms with Gasteiger partial charge >= 0.3 is 5.97 Å². The highest BCUT2D eigenvalue weighted by Gasteiger charge is 2.24. The van der Waals surface area contributed by atoms with E-state index in [0.717, 1.165) is 16.9 Å². The fourth-order valence-corrected chi connectivity index (χ4v) is 3.26. The van der Waals surface area contributed by atoms with Gasteiger partial charge in [-0.3, -0.25) is 9.59 Å². The van der Waals surface area contributed by atoms with Crippen molar-refractivity contribution in [3.05, 3.63) is 28.6 Å². The largest absolute Gasteiger partial charge is 0.494 e. The molecule has 26 heavy (non-hydrogen) atoms. The number of aromatic nitrogens is 1. The van der Waals surface area contributed by atoms with Crippen LogP contribution in [0.2, 0.25) is 0 Å². The molecule has 1 heterocycles. The smallest absolute Gasteiger partial charge is 0.308 e. The molecule has 0 fully saturated rings. The maximum atomic E-state index is 12.2. The third-order valence-electron chi connectivity index (χ3n) is 3.66. The fourth-order valence-electron chi connectivity index (χ4n) is 2.29. The number of amides is 1. The Kier molecular flexibility index (Phi) is 6.02. The van der Waals surface area contributed by atoms with Crippen LogP contribution in [0, 0.1) is 12.3 Å². The minimum atomic E-state index is -0.939. The van der Waals surface area contributed by atoms with Crippen molar-refractivity contribution < 1.29 is 19.4 Å². The van der Waals surface area contributed by atoms with Crippen LogP contribution < -0.4 is 10.1 Å². The van der Waals surface area contributed by atoms with E-state index in [4.69, 9.17) is 4.74 Å². The van der Waals surface area contributed by atoms with Crippen molar-refractivity contribution in [1.29, 1.82) is 0 Å². The standard InChI is InChI=1S/C19H24N2O4S/c1-6-25-13-8-7-12(9-11(13)2)16-14(10-15(22)23)26-18(20-16)21-17(24)19(3,4)5/h7-9H,6,10H2,1-5H3,(H,22,23)(H,20,21,24).